The van der Waals surface area contributed by atoms with Gasteiger partial charge in [-0.15, -0.1) is 0 Å². The fourth-order valence-electron chi connectivity index (χ4n) is 3.51. The first-order chi connectivity index (χ1) is 14.9. The molecule has 7 nitrogen and oxygen atoms in total. The average molecular weight is 550 g/mol. The van der Waals surface area contributed by atoms with Crippen molar-refractivity contribution < 1.29 is 18.7 Å². The van der Waals surface area contributed by atoms with Crippen LogP contribution in [0.4, 0.5) is 0 Å². The maximum absolute atomic E-state index is 13.5. The first-order valence-electron chi connectivity index (χ1n) is 9.52. The molecule has 3 aromatic rings. The second-order valence-electron chi connectivity index (χ2n) is 6.69. The fraction of sp³-hybridized carbons (Fsp3) is 0.227. The number of halogens is 1. The lowest BCUT2D eigenvalue weighted by molar-refractivity contribution is -0.139. The van der Waals surface area contributed by atoms with Crippen molar-refractivity contribution in [3.8, 4) is 5.75 Å². The number of furan rings is 1. The van der Waals surface area contributed by atoms with Crippen LogP contribution >= 0.6 is 33.9 Å². The number of benzene rings is 1. The number of methoxy groups -OCH3 is 1. The van der Waals surface area contributed by atoms with Crippen LogP contribution in [0.5, 0.6) is 5.75 Å². The van der Waals surface area contributed by atoms with Crippen molar-refractivity contribution in [2.45, 2.75) is 19.9 Å². The molecule has 0 saturated carbocycles. The summed E-state index contributed by atoms with van der Waals surface area (Å²) in [6, 6.07) is 10.2. The van der Waals surface area contributed by atoms with Crippen molar-refractivity contribution in [3.05, 3.63) is 82.4 Å². The minimum atomic E-state index is -0.717. The number of hydrogen-bond donors (Lipinski definition) is 0. The van der Waals surface area contributed by atoms with E-state index < -0.39 is 12.0 Å². The predicted molar refractivity (Wildman–Crippen MR) is 125 cm³/mol. The molecule has 0 bridgehead atoms. The summed E-state index contributed by atoms with van der Waals surface area (Å²) < 4.78 is 19.1. The van der Waals surface area contributed by atoms with Gasteiger partial charge in [0, 0.05) is 11.6 Å². The number of para-hydroxylation sites is 1. The molecular weight excluding hydrogens is 531 g/mol. The Morgan fingerprint density at radius 1 is 1.32 bits per heavy atom. The normalized spacial score (nSPS) is 16.1. The molecule has 9 heteroatoms. The lowest BCUT2D eigenvalue weighted by Crippen LogP contribution is -2.40. The maximum Gasteiger partial charge on any atom is 0.338 e. The van der Waals surface area contributed by atoms with Crippen LogP contribution in [0.15, 0.2) is 61.9 Å². The Labute approximate surface area is 195 Å². The van der Waals surface area contributed by atoms with Crippen LogP contribution in [-0.4, -0.2) is 24.3 Å². The second kappa shape index (κ2) is 8.83. The second-order valence-corrected chi connectivity index (χ2v) is 8.76. The van der Waals surface area contributed by atoms with E-state index in [0.717, 1.165) is 3.77 Å². The number of esters is 1. The molecule has 0 aliphatic carbocycles. The molecular formula is C22H19IN2O5S. The summed E-state index contributed by atoms with van der Waals surface area (Å²) in [5.74, 6) is 0.638. The van der Waals surface area contributed by atoms with Crippen molar-refractivity contribution in [2.24, 2.45) is 4.99 Å². The first-order valence-corrected chi connectivity index (χ1v) is 11.4. The average Bonchev–Trinajstić information content (AvgIpc) is 3.29. The van der Waals surface area contributed by atoms with Gasteiger partial charge in [0.1, 0.15) is 17.6 Å². The highest BCUT2D eigenvalue weighted by atomic mass is 127. The molecule has 160 valence electrons. The van der Waals surface area contributed by atoms with Crippen molar-refractivity contribution in [1.82, 2.24) is 4.57 Å². The lowest BCUT2D eigenvalue weighted by Gasteiger charge is -2.25. The molecule has 3 heterocycles. The third-order valence-electron chi connectivity index (χ3n) is 4.82. The monoisotopic (exact) mass is 550 g/mol. The van der Waals surface area contributed by atoms with Crippen LogP contribution in [0.3, 0.4) is 0 Å². The summed E-state index contributed by atoms with van der Waals surface area (Å²) >= 11 is 3.32. The zero-order chi connectivity index (χ0) is 22.1. The van der Waals surface area contributed by atoms with Gasteiger partial charge in [-0.25, -0.2) is 9.79 Å². The van der Waals surface area contributed by atoms with E-state index in [9.17, 15) is 9.59 Å². The molecule has 0 fully saturated rings. The first kappa shape index (κ1) is 21.6. The van der Waals surface area contributed by atoms with Gasteiger partial charge in [-0.2, -0.15) is 0 Å². The van der Waals surface area contributed by atoms with Crippen LogP contribution in [0.2, 0.25) is 0 Å². The van der Waals surface area contributed by atoms with Gasteiger partial charge in [0.25, 0.3) is 5.56 Å². The van der Waals surface area contributed by atoms with Gasteiger partial charge in [0.15, 0.2) is 8.57 Å². The number of nitrogens with zero attached hydrogens (tertiary/aromatic N) is 2. The quantitative estimate of drug-likeness (QED) is 0.361. The number of hydrogen-bond acceptors (Lipinski definition) is 7. The third-order valence-corrected chi connectivity index (χ3v) is 6.38. The number of rotatable bonds is 5. The third kappa shape index (κ3) is 3.99. The van der Waals surface area contributed by atoms with Gasteiger partial charge >= 0.3 is 5.97 Å². The Kier molecular flexibility index (Phi) is 6.15. The topological polar surface area (TPSA) is 83.0 Å². The molecule has 0 radical (unpaired) electrons. The summed E-state index contributed by atoms with van der Waals surface area (Å²) in [4.78, 5) is 31.4. The Morgan fingerprint density at radius 2 is 2.10 bits per heavy atom. The number of allylic oxidation sites excluding steroid dienone is 1. The smallest absolute Gasteiger partial charge is 0.338 e. The fourth-order valence-corrected chi connectivity index (χ4v) is 4.97. The lowest BCUT2D eigenvalue weighted by atomic mass is 9.95. The van der Waals surface area contributed by atoms with E-state index in [-0.39, 0.29) is 12.2 Å². The molecule has 0 amide bonds. The number of ether oxygens (including phenoxy) is 2. The summed E-state index contributed by atoms with van der Waals surface area (Å²) in [5.41, 5.74) is 1.25. The number of thiazole rings is 1. The largest absolute Gasteiger partial charge is 0.496 e. The summed E-state index contributed by atoms with van der Waals surface area (Å²) in [7, 11) is 1.56. The number of carbonyl (C=O) groups is 1. The van der Waals surface area contributed by atoms with E-state index in [0.29, 0.717) is 37.7 Å². The van der Waals surface area contributed by atoms with Gasteiger partial charge in [-0.05, 0) is 54.6 Å². The molecule has 1 atom stereocenters. The SMILES string of the molecule is CCOC(=O)C1=C(C)N=c2s/c(=C\c3ccc(I)o3)c(=O)n2C1c1ccccc1OC. The maximum atomic E-state index is 13.5. The van der Waals surface area contributed by atoms with Crippen molar-refractivity contribution in [2.75, 3.05) is 13.7 Å². The van der Waals surface area contributed by atoms with Gasteiger partial charge < -0.3 is 13.9 Å². The molecule has 2 aromatic heterocycles. The summed E-state index contributed by atoms with van der Waals surface area (Å²) in [5, 5.41) is 0. The number of aromatic nitrogens is 1. The number of fused-ring (bicyclic) bond motifs is 1. The molecule has 0 N–H and O–H groups in total. The minimum Gasteiger partial charge on any atom is -0.496 e. The molecule has 4 rings (SSSR count). The van der Waals surface area contributed by atoms with Crippen LogP contribution < -0.4 is 19.6 Å². The van der Waals surface area contributed by atoms with Gasteiger partial charge in [-0.3, -0.25) is 9.36 Å². The van der Waals surface area contributed by atoms with E-state index in [4.69, 9.17) is 13.9 Å². The molecule has 1 aliphatic rings. The highest BCUT2D eigenvalue weighted by molar-refractivity contribution is 14.1. The summed E-state index contributed by atoms with van der Waals surface area (Å²) in [6.07, 6.45) is 1.69. The Morgan fingerprint density at radius 3 is 2.77 bits per heavy atom. The van der Waals surface area contributed by atoms with Gasteiger partial charge in [0.05, 0.1) is 29.5 Å². The van der Waals surface area contributed by atoms with Crippen LogP contribution in [0.1, 0.15) is 31.2 Å². The van der Waals surface area contributed by atoms with E-state index >= 15 is 0 Å². The Balaban J connectivity index is 2.00. The zero-order valence-electron chi connectivity index (χ0n) is 17.0. The Hall–Kier alpha value is -2.66. The van der Waals surface area contributed by atoms with E-state index in [1.807, 2.05) is 24.3 Å². The standard InChI is InChI=1S/C22H19IN2O5S/c1-4-29-21(27)18-12(2)24-22-25(19(18)14-7-5-6-8-15(14)28-3)20(26)16(31-22)11-13-9-10-17(23)30-13/h5-11,19H,4H2,1-3H3/b16-11-. The van der Waals surface area contributed by atoms with E-state index in [1.54, 1.807) is 39.2 Å². The van der Waals surface area contributed by atoms with Crippen molar-refractivity contribution in [3.63, 3.8) is 0 Å². The van der Waals surface area contributed by atoms with E-state index in [1.165, 1.54) is 15.9 Å². The predicted octanol–water partition coefficient (Wildman–Crippen LogP) is 3.00. The van der Waals surface area contributed by atoms with Crippen LogP contribution in [-0.2, 0) is 9.53 Å². The number of carbonyl (C=O) groups excluding carboxylic acids is 1. The molecule has 1 aliphatic heterocycles. The van der Waals surface area contributed by atoms with Crippen LogP contribution in [0.25, 0.3) is 6.08 Å². The van der Waals surface area contributed by atoms with Crippen molar-refractivity contribution in [1.29, 1.82) is 0 Å². The highest BCUT2D eigenvalue weighted by Gasteiger charge is 2.34. The van der Waals surface area contributed by atoms with Gasteiger partial charge in [-0.1, -0.05) is 29.5 Å². The van der Waals surface area contributed by atoms with Crippen LogP contribution in [0, 0.1) is 3.77 Å². The molecule has 0 saturated heterocycles. The molecule has 1 aromatic carbocycles. The zero-order valence-corrected chi connectivity index (χ0v) is 20.0. The molecule has 31 heavy (non-hydrogen) atoms. The highest BCUT2D eigenvalue weighted by Crippen LogP contribution is 2.35. The molecule has 0 spiro atoms. The van der Waals surface area contributed by atoms with Gasteiger partial charge in [0.2, 0.25) is 0 Å². The summed E-state index contributed by atoms with van der Waals surface area (Å²) in [6.45, 7) is 3.71. The van der Waals surface area contributed by atoms with E-state index in [2.05, 4.69) is 27.6 Å². The minimum absolute atomic E-state index is 0.218. The molecule has 1 unspecified atom stereocenters. The Bertz CT molecular complexity index is 1360. The van der Waals surface area contributed by atoms with Crippen molar-refractivity contribution >= 4 is 46.0 Å².